The second-order valence-corrected chi connectivity index (χ2v) is 10.1. The summed E-state index contributed by atoms with van der Waals surface area (Å²) in [6, 6.07) is 22.5. The van der Waals surface area contributed by atoms with Crippen molar-refractivity contribution in [3.63, 3.8) is 0 Å². The van der Waals surface area contributed by atoms with E-state index in [2.05, 4.69) is 35.2 Å². The monoisotopic (exact) mass is 535 g/mol. The molecule has 1 heterocycles. The maximum atomic E-state index is 13.4. The number of methoxy groups -OCH3 is 2. The molecule has 0 spiro atoms. The molecule has 3 atom stereocenters. The number of ether oxygens (including phenoxy) is 3. The molecule has 0 radical (unpaired) electrons. The van der Waals surface area contributed by atoms with E-state index in [9.17, 15) is 4.79 Å². The van der Waals surface area contributed by atoms with E-state index >= 15 is 0 Å². The summed E-state index contributed by atoms with van der Waals surface area (Å²) >= 11 is 0. The lowest BCUT2D eigenvalue weighted by Gasteiger charge is -2.43. The summed E-state index contributed by atoms with van der Waals surface area (Å²) in [4.78, 5) is 15.8. The largest absolute Gasteiger partial charge is 0.500 e. The van der Waals surface area contributed by atoms with Crippen molar-refractivity contribution in [3.05, 3.63) is 89.7 Å². The highest BCUT2D eigenvalue weighted by Gasteiger charge is 2.50. The number of aldehydes is 1. The van der Waals surface area contributed by atoms with Gasteiger partial charge in [-0.05, 0) is 72.5 Å². The fraction of sp³-hybridized carbons (Fsp3) is 0.406. The van der Waals surface area contributed by atoms with Crippen molar-refractivity contribution in [2.75, 3.05) is 40.5 Å². The van der Waals surface area contributed by atoms with Gasteiger partial charge >= 0.3 is 0 Å². The van der Waals surface area contributed by atoms with E-state index in [1.54, 1.807) is 14.2 Å². The first-order chi connectivity index (χ1) is 18.2. The number of likely N-dealkylation sites (tertiary alicyclic amines) is 1. The van der Waals surface area contributed by atoms with Crippen molar-refractivity contribution in [2.45, 2.75) is 43.1 Å². The first-order valence-corrected chi connectivity index (χ1v) is 13.4. The number of carbonyl (C=O) groups excluding carboxylic acids is 1. The smallest absolute Gasteiger partial charge is 0.138 e. The zero-order valence-corrected chi connectivity index (χ0v) is 23.1. The van der Waals surface area contributed by atoms with Crippen molar-refractivity contribution >= 4 is 29.5 Å². The van der Waals surface area contributed by atoms with Gasteiger partial charge in [0.15, 0.2) is 0 Å². The number of benzene rings is 3. The number of hydrogen-bond acceptors (Lipinski definition) is 5. The molecule has 0 bridgehead atoms. The molecule has 3 unspecified atom stereocenters. The first-order valence-electron chi connectivity index (χ1n) is 13.4. The number of hydrogen-bond donors (Lipinski definition) is 0. The van der Waals surface area contributed by atoms with Crippen molar-refractivity contribution in [2.24, 2.45) is 0 Å². The molecule has 1 aliphatic carbocycles. The zero-order chi connectivity index (χ0) is 25.7. The van der Waals surface area contributed by atoms with Crippen molar-refractivity contribution in [1.82, 2.24) is 4.90 Å². The fourth-order valence-electron chi connectivity index (χ4n) is 6.20. The SMILES string of the molecule is COC1=CC(OCCN2CCCCC2)CC(c2cccc(OC)c2)C1(C=O)c1cccc2ccccc12.Cl. The van der Waals surface area contributed by atoms with E-state index in [0.717, 1.165) is 53.6 Å². The molecule has 1 aliphatic heterocycles. The summed E-state index contributed by atoms with van der Waals surface area (Å²) in [5.41, 5.74) is 0.995. The average molecular weight is 536 g/mol. The van der Waals surface area contributed by atoms with E-state index < -0.39 is 5.41 Å². The average Bonchev–Trinajstić information content (AvgIpc) is 2.97. The van der Waals surface area contributed by atoms with Crippen LogP contribution in [0.25, 0.3) is 10.8 Å². The van der Waals surface area contributed by atoms with Gasteiger partial charge < -0.3 is 23.9 Å². The maximum Gasteiger partial charge on any atom is 0.138 e. The summed E-state index contributed by atoms with van der Waals surface area (Å²) in [6.45, 7) is 3.88. The van der Waals surface area contributed by atoms with Gasteiger partial charge in [-0.3, -0.25) is 0 Å². The number of halogens is 1. The van der Waals surface area contributed by atoms with Gasteiger partial charge in [0, 0.05) is 12.5 Å². The van der Waals surface area contributed by atoms with Gasteiger partial charge in [0.2, 0.25) is 0 Å². The Kier molecular flexibility index (Phi) is 9.48. The second-order valence-electron chi connectivity index (χ2n) is 10.1. The van der Waals surface area contributed by atoms with Gasteiger partial charge in [0.05, 0.1) is 26.9 Å². The van der Waals surface area contributed by atoms with Crippen LogP contribution < -0.4 is 4.74 Å². The van der Waals surface area contributed by atoms with Gasteiger partial charge in [0.25, 0.3) is 0 Å². The molecule has 1 fully saturated rings. The second kappa shape index (κ2) is 12.8. The van der Waals surface area contributed by atoms with Crippen LogP contribution >= 0.6 is 12.4 Å². The molecule has 6 heteroatoms. The lowest BCUT2D eigenvalue weighted by molar-refractivity contribution is -0.114. The molecule has 202 valence electrons. The van der Waals surface area contributed by atoms with Gasteiger partial charge in [-0.25, -0.2) is 0 Å². The Morgan fingerprint density at radius 3 is 2.47 bits per heavy atom. The molecule has 3 aromatic carbocycles. The molecule has 38 heavy (non-hydrogen) atoms. The fourth-order valence-corrected chi connectivity index (χ4v) is 6.20. The van der Waals surface area contributed by atoms with Gasteiger partial charge in [-0.15, -0.1) is 12.4 Å². The Morgan fingerprint density at radius 1 is 0.947 bits per heavy atom. The summed E-state index contributed by atoms with van der Waals surface area (Å²) in [7, 11) is 3.33. The van der Waals surface area contributed by atoms with Crippen molar-refractivity contribution in [3.8, 4) is 5.75 Å². The predicted octanol–water partition coefficient (Wildman–Crippen LogP) is 6.30. The molecular weight excluding hydrogens is 498 g/mol. The highest BCUT2D eigenvalue weighted by molar-refractivity contribution is 5.92. The summed E-state index contributed by atoms with van der Waals surface area (Å²) in [6.07, 6.45) is 7.48. The third kappa shape index (κ3) is 5.47. The molecular formula is C32H38ClNO4. The molecule has 0 N–H and O–H groups in total. The maximum absolute atomic E-state index is 13.4. The number of allylic oxidation sites excluding steroid dienone is 1. The normalized spacial score (nSPS) is 23.8. The van der Waals surface area contributed by atoms with Crippen LogP contribution in [0.2, 0.25) is 0 Å². The summed E-state index contributed by atoms with van der Waals surface area (Å²) in [5, 5.41) is 2.15. The van der Waals surface area contributed by atoms with Crippen LogP contribution in [-0.4, -0.2) is 57.8 Å². The topological polar surface area (TPSA) is 48.0 Å². The Bertz CT molecular complexity index is 1250. The van der Waals surface area contributed by atoms with Crippen molar-refractivity contribution < 1.29 is 19.0 Å². The summed E-state index contributed by atoms with van der Waals surface area (Å²) in [5.74, 6) is 1.22. The van der Waals surface area contributed by atoms with Crippen LogP contribution in [0.1, 0.15) is 42.7 Å². The number of carbonyl (C=O) groups is 1. The third-order valence-electron chi connectivity index (χ3n) is 8.09. The molecule has 1 saturated heterocycles. The Balaban J connectivity index is 0.00000336. The van der Waals surface area contributed by atoms with Crippen LogP contribution in [0.3, 0.4) is 0 Å². The van der Waals surface area contributed by atoms with E-state index in [1.807, 2.05) is 42.5 Å². The zero-order valence-electron chi connectivity index (χ0n) is 22.3. The van der Waals surface area contributed by atoms with Crippen molar-refractivity contribution in [1.29, 1.82) is 0 Å². The lowest BCUT2D eigenvalue weighted by atomic mass is 9.61. The minimum Gasteiger partial charge on any atom is -0.500 e. The Morgan fingerprint density at radius 2 is 1.71 bits per heavy atom. The van der Waals surface area contributed by atoms with Crippen LogP contribution in [0, 0.1) is 0 Å². The Labute approximate surface area is 232 Å². The lowest BCUT2D eigenvalue weighted by Crippen LogP contribution is -2.44. The van der Waals surface area contributed by atoms with Crippen LogP contribution in [0.4, 0.5) is 0 Å². The van der Waals surface area contributed by atoms with Gasteiger partial charge in [-0.1, -0.05) is 61.0 Å². The molecule has 5 rings (SSSR count). The standard InChI is InChI=1S/C32H37NO4.ClH/c1-35-26-13-8-12-25(20-26)30-21-27(37-19-18-33-16-6-3-7-17-33)22-31(36-2)32(30,23-34)29-15-9-11-24-10-4-5-14-28(24)29;/h4-5,8-15,20,22-23,27,30H,3,6-7,16-19,21H2,1-2H3;1H. The molecule has 0 aromatic heterocycles. The molecule has 5 nitrogen and oxygen atoms in total. The van der Waals surface area contributed by atoms with E-state index in [1.165, 1.54) is 19.3 Å². The first kappa shape index (κ1) is 28.2. The van der Waals surface area contributed by atoms with E-state index in [4.69, 9.17) is 14.2 Å². The highest BCUT2D eigenvalue weighted by Crippen LogP contribution is 2.51. The quantitative estimate of drug-likeness (QED) is 0.301. The third-order valence-corrected chi connectivity index (χ3v) is 8.09. The molecule has 0 amide bonds. The van der Waals surface area contributed by atoms with Crippen LogP contribution in [0.15, 0.2) is 78.6 Å². The van der Waals surface area contributed by atoms with Gasteiger partial charge in [-0.2, -0.15) is 0 Å². The van der Waals surface area contributed by atoms with Crippen LogP contribution in [0.5, 0.6) is 5.75 Å². The van der Waals surface area contributed by atoms with E-state index in [0.29, 0.717) is 18.8 Å². The van der Waals surface area contributed by atoms with Gasteiger partial charge in [0.1, 0.15) is 23.2 Å². The number of rotatable bonds is 9. The van der Waals surface area contributed by atoms with E-state index in [-0.39, 0.29) is 24.4 Å². The number of piperidine rings is 1. The number of nitrogens with zero attached hydrogens (tertiary/aromatic N) is 1. The predicted molar refractivity (Wildman–Crippen MR) is 154 cm³/mol. The number of fused-ring (bicyclic) bond motifs is 1. The van der Waals surface area contributed by atoms with Crippen LogP contribution in [-0.2, 0) is 19.7 Å². The molecule has 2 aliphatic rings. The summed E-state index contributed by atoms with van der Waals surface area (Å²) < 4.78 is 18.1. The molecule has 3 aromatic rings. The minimum atomic E-state index is -0.991. The minimum absolute atomic E-state index is 0. The molecule has 0 saturated carbocycles. The highest BCUT2D eigenvalue weighted by atomic mass is 35.5. The Hall–Kier alpha value is -2.86.